The predicted octanol–water partition coefficient (Wildman–Crippen LogP) is 28.9. The van der Waals surface area contributed by atoms with Crippen molar-refractivity contribution in [2.45, 2.75) is 27.7 Å². The van der Waals surface area contributed by atoms with Crippen molar-refractivity contribution >= 4 is 194 Å². The van der Waals surface area contributed by atoms with E-state index in [4.69, 9.17) is 8.83 Å². The molecule has 0 radical (unpaired) electrons. The molecule has 0 N–H and O–H groups in total. The van der Waals surface area contributed by atoms with Crippen molar-refractivity contribution in [3.05, 3.63) is 362 Å². The number of para-hydroxylation sites is 6. The summed E-state index contributed by atoms with van der Waals surface area (Å²) < 4.78 is 27.2. The minimum absolute atomic E-state index is 0.930. The van der Waals surface area contributed by atoms with Crippen LogP contribution in [0.5, 0.6) is 0 Å². The van der Waals surface area contributed by atoms with E-state index in [1.54, 1.807) is 0 Å². The third kappa shape index (κ3) is 10.3. The molecule has 0 saturated heterocycles. The molecular formula is C100H68N4O2S2. The fourth-order valence-electron chi connectivity index (χ4n) is 16.8. The first kappa shape index (κ1) is 63.3. The highest BCUT2D eigenvalue weighted by Crippen LogP contribution is 2.45. The van der Waals surface area contributed by atoms with Crippen molar-refractivity contribution in [2.24, 2.45) is 0 Å². The van der Waals surface area contributed by atoms with Gasteiger partial charge < -0.3 is 27.1 Å². The van der Waals surface area contributed by atoms with Gasteiger partial charge in [-0.25, -0.2) is 0 Å². The van der Waals surface area contributed by atoms with Gasteiger partial charge in [0.15, 0.2) is 0 Å². The molecule has 8 heteroatoms. The van der Waals surface area contributed by atoms with E-state index in [0.717, 1.165) is 22.3 Å². The number of furan rings is 2. The third-order valence-corrected chi connectivity index (χ3v) is 24.1. The second kappa shape index (κ2) is 25.2. The van der Waals surface area contributed by atoms with Crippen molar-refractivity contribution in [3.8, 4) is 22.7 Å². The number of aromatic nitrogens is 4. The minimum atomic E-state index is 0.930. The second-order valence-corrected chi connectivity index (χ2v) is 30.8. The Morgan fingerprint density at radius 2 is 0.481 bits per heavy atom. The summed E-state index contributed by atoms with van der Waals surface area (Å²) in [5, 5.41) is 20.4. The number of thiophene rings is 2. The molecule has 6 nitrogen and oxygen atoms in total. The molecule has 0 saturated carbocycles. The van der Waals surface area contributed by atoms with E-state index in [0.29, 0.717) is 0 Å². The van der Waals surface area contributed by atoms with Crippen LogP contribution in [0.2, 0.25) is 0 Å². The zero-order chi connectivity index (χ0) is 71.8. The lowest BCUT2D eigenvalue weighted by atomic mass is 10.1. The van der Waals surface area contributed by atoms with Gasteiger partial charge in [-0.2, -0.15) is 0 Å². The van der Waals surface area contributed by atoms with Gasteiger partial charge in [-0.1, -0.05) is 205 Å². The number of hydrogen-bond donors (Lipinski definition) is 0. The summed E-state index contributed by atoms with van der Waals surface area (Å²) in [4.78, 5) is 0. The number of nitrogens with zero attached hydrogens (tertiary/aromatic N) is 4. The van der Waals surface area contributed by atoms with Gasteiger partial charge in [-0.15, -0.1) is 22.7 Å². The number of fused-ring (bicyclic) bond motifs is 24. The Labute approximate surface area is 629 Å². The molecule has 8 heterocycles. The molecule has 0 amide bonds. The molecule has 0 unspecified atom stereocenters. The van der Waals surface area contributed by atoms with Crippen LogP contribution in [0, 0.1) is 27.7 Å². The lowest BCUT2D eigenvalue weighted by molar-refractivity contribution is 0.669. The van der Waals surface area contributed by atoms with E-state index in [1.165, 1.54) is 194 Å². The van der Waals surface area contributed by atoms with Crippen LogP contribution in [0.4, 0.5) is 0 Å². The molecule has 0 spiro atoms. The summed E-state index contributed by atoms with van der Waals surface area (Å²) in [5.41, 5.74) is 23.5. The van der Waals surface area contributed by atoms with Crippen molar-refractivity contribution in [2.75, 3.05) is 0 Å². The van der Waals surface area contributed by atoms with Gasteiger partial charge in [0.05, 0.1) is 44.1 Å². The Balaban J connectivity index is 0.0000000919. The van der Waals surface area contributed by atoms with Gasteiger partial charge in [0.25, 0.3) is 0 Å². The molecule has 24 aromatic rings. The van der Waals surface area contributed by atoms with Crippen LogP contribution in [-0.4, -0.2) is 18.3 Å². The molecule has 8 aromatic heterocycles. The number of benzene rings is 16. The zero-order valence-corrected chi connectivity index (χ0v) is 61.4. The Bertz CT molecular complexity index is 7280. The number of aryl methyl sites for hydroxylation is 4. The largest absolute Gasteiger partial charge is 0.456 e. The standard InChI is InChI=1S/2C25H17NO.2C25H17NS/c1-16-7-6-8-17(13-16)26-22-11-4-2-9-18(22)20-14-21-19-10-3-5-12-24(19)27-25(21)15-23(20)26;1-16-10-12-17(13-11-16)26-22-8-4-2-6-18(22)20-14-21-19-7-3-5-9-24(19)27-25(21)15-23(20)26;1-16-7-6-8-17(13-16)26-22-11-4-2-9-18(22)20-14-21-19-10-3-5-12-24(19)27-25(21)15-23(20)26;1-16-10-12-17(13-11-16)26-22-8-4-2-6-18(22)20-14-21-19-7-3-5-9-24(19)27-25(21)15-23(20)26/h4*2-15H,1H3. The van der Waals surface area contributed by atoms with E-state index < -0.39 is 0 Å². The molecule has 0 aliphatic carbocycles. The van der Waals surface area contributed by atoms with Crippen molar-refractivity contribution in [1.82, 2.24) is 18.3 Å². The van der Waals surface area contributed by atoms with Gasteiger partial charge >= 0.3 is 0 Å². The highest BCUT2D eigenvalue weighted by molar-refractivity contribution is 7.26. The molecule has 0 atom stereocenters. The van der Waals surface area contributed by atoms with Gasteiger partial charge in [-0.05, 0) is 172 Å². The van der Waals surface area contributed by atoms with Crippen LogP contribution in [0.3, 0.4) is 0 Å². The van der Waals surface area contributed by atoms with Gasteiger partial charge in [0.2, 0.25) is 0 Å². The maximum absolute atomic E-state index is 6.16. The molecule has 0 aliphatic heterocycles. The van der Waals surface area contributed by atoms with Crippen molar-refractivity contribution in [3.63, 3.8) is 0 Å². The van der Waals surface area contributed by atoms with Crippen LogP contribution in [0.15, 0.2) is 349 Å². The molecule has 512 valence electrons. The molecule has 16 aromatic carbocycles. The molecule has 24 rings (SSSR count). The van der Waals surface area contributed by atoms with E-state index in [-0.39, 0.29) is 0 Å². The van der Waals surface area contributed by atoms with Gasteiger partial charge in [0.1, 0.15) is 22.3 Å². The molecular weight excluding hydrogens is 1350 g/mol. The molecule has 0 bridgehead atoms. The van der Waals surface area contributed by atoms with E-state index in [2.05, 4.69) is 361 Å². The van der Waals surface area contributed by atoms with Crippen LogP contribution in [0.25, 0.3) is 194 Å². The lowest BCUT2D eigenvalue weighted by Gasteiger charge is -2.08. The maximum atomic E-state index is 6.16. The van der Waals surface area contributed by atoms with Crippen molar-refractivity contribution in [1.29, 1.82) is 0 Å². The normalized spacial score (nSPS) is 11.9. The summed E-state index contributed by atoms with van der Waals surface area (Å²) in [6, 6.07) is 122. The van der Waals surface area contributed by atoms with Gasteiger partial charge in [0, 0.05) is 140 Å². The van der Waals surface area contributed by atoms with Gasteiger partial charge in [-0.3, -0.25) is 0 Å². The Hall–Kier alpha value is -13.2. The van der Waals surface area contributed by atoms with Crippen LogP contribution >= 0.6 is 22.7 Å². The third-order valence-electron chi connectivity index (χ3n) is 21.8. The summed E-state index contributed by atoms with van der Waals surface area (Å²) in [6.45, 7) is 8.54. The molecule has 0 aliphatic rings. The smallest absolute Gasteiger partial charge is 0.137 e. The summed E-state index contributed by atoms with van der Waals surface area (Å²) in [7, 11) is 0. The number of rotatable bonds is 4. The van der Waals surface area contributed by atoms with E-state index in [1.807, 2.05) is 46.9 Å². The van der Waals surface area contributed by atoms with E-state index in [9.17, 15) is 0 Å². The lowest BCUT2D eigenvalue weighted by Crippen LogP contribution is -1.93. The van der Waals surface area contributed by atoms with Crippen LogP contribution < -0.4 is 0 Å². The van der Waals surface area contributed by atoms with Crippen molar-refractivity contribution < 1.29 is 8.83 Å². The monoisotopic (exact) mass is 1420 g/mol. The first-order valence-corrected chi connectivity index (χ1v) is 38.5. The second-order valence-electron chi connectivity index (χ2n) is 28.6. The van der Waals surface area contributed by atoms with Crippen LogP contribution in [-0.2, 0) is 0 Å². The zero-order valence-electron chi connectivity index (χ0n) is 59.8. The van der Waals surface area contributed by atoms with E-state index >= 15 is 0 Å². The Morgan fingerprint density at radius 3 is 0.852 bits per heavy atom. The average Bonchev–Trinajstić information content (AvgIpc) is 1.59. The predicted molar refractivity (Wildman–Crippen MR) is 462 cm³/mol. The molecule has 108 heavy (non-hydrogen) atoms. The fraction of sp³-hybridized carbons (Fsp3) is 0.0400. The Morgan fingerprint density at radius 1 is 0.176 bits per heavy atom. The quantitative estimate of drug-likeness (QED) is 0.176. The summed E-state index contributed by atoms with van der Waals surface area (Å²) in [6.07, 6.45) is 0. The first-order valence-electron chi connectivity index (χ1n) is 36.8. The summed E-state index contributed by atoms with van der Waals surface area (Å²) >= 11 is 3.76. The van der Waals surface area contributed by atoms with Crippen LogP contribution in [0.1, 0.15) is 22.3 Å². The highest BCUT2D eigenvalue weighted by Gasteiger charge is 2.21. The Kier molecular flexibility index (Phi) is 14.8. The maximum Gasteiger partial charge on any atom is 0.137 e. The SMILES string of the molecule is Cc1ccc(-n2c3ccccc3c3cc4c(cc32)oc2ccccc24)cc1.Cc1ccc(-n2c3ccccc3c3cc4c(cc32)sc2ccccc24)cc1.Cc1cccc(-n2c3ccccc3c3cc4c(cc32)oc2ccccc24)c1.Cc1cccc(-n2c3ccccc3c3cc4c(cc32)sc2ccccc24)c1. The topological polar surface area (TPSA) is 46.0 Å². The minimum Gasteiger partial charge on any atom is -0.456 e. The fourth-order valence-corrected chi connectivity index (χ4v) is 19.0. The molecule has 0 fully saturated rings. The first-order chi connectivity index (χ1) is 53.2. The highest BCUT2D eigenvalue weighted by atomic mass is 32.1. The average molecular weight is 1420 g/mol. The summed E-state index contributed by atoms with van der Waals surface area (Å²) in [5.74, 6) is 0. The number of hydrogen-bond acceptors (Lipinski definition) is 4.